The van der Waals surface area contributed by atoms with Crippen molar-refractivity contribution in [1.82, 2.24) is 0 Å². The van der Waals surface area contributed by atoms with Crippen molar-refractivity contribution in [3.05, 3.63) is 0 Å². The molecule has 0 saturated carbocycles. The highest BCUT2D eigenvalue weighted by atomic mass is 16.4. The summed E-state index contributed by atoms with van der Waals surface area (Å²) in [5.74, 6) is -1.02. The third-order valence-electron chi connectivity index (χ3n) is 5.65. The van der Waals surface area contributed by atoms with Gasteiger partial charge in [0.15, 0.2) is 0 Å². The molecule has 0 aliphatic heterocycles. The molecule has 0 aliphatic rings. The van der Waals surface area contributed by atoms with Gasteiger partial charge in [0.05, 0.1) is 0 Å². The minimum absolute atomic E-state index is 0.204. The average molecular weight is 368 g/mol. The van der Waals surface area contributed by atoms with Crippen molar-refractivity contribution in [3.63, 3.8) is 0 Å². The smallest absolute Gasteiger partial charge is 0.0445 e. The van der Waals surface area contributed by atoms with Gasteiger partial charge < -0.3 is 9.90 Å². The molecule has 0 aromatic rings. The number of carboxylic acids is 1. The van der Waals surface area contributed by atoms with Gasteiger partial charge in [-0.2, -0.15) is 0 Å². The Bertz CT molecular complexity index is 288. The number of unbranched alkanes of at least 4 members (excludes halogenated alkanes) is 16. The lowest BCUT2D eigenvalue weighted by Crippen LogP contribution is -2.31. The second kappa shape index (κ2) is 20.8. The van der Waals surface area contributed by atoms with Crippen LogP contribution in [0.4, 0.5) is 0 Å². The van der Waals surface area contributed by atoms with Crippen LogP contribution in [0.3, 0.4) is 0 Å². The number of hydrogen-bond donors (Lipinski definition) is 0. The Labute approximate surface area is 164 Å². The number of carbonyl (C=O) groups is 1. The van der Waals surface area contributed by atoms with Gasteiger partial charge in [0, 0.05) is 5.97 Å². The molecule has 1 atom stereocenters. The molecule has 0 radical (unpaired) electrons. The van der Waals surface area contributed by atoms with Gasteiger partial charge in [0.1, 0.15) is 0 Å². The molecule has 0 aliphatic carbocycles. The molecule has 156 valence electrons. The first-order chi connectivity index (χ1) is 12.7. The molecular formula is C24H47O2-. The Morgan fingerprint density at radius 2 is 0.808 bits per heavy atom. The zero-order valence-corrected chi connectivity index (χ0v) is 18.0. The van der Waals surface area contributed by atoms with Crippen molar-refractivity contribution in [3.8, 4) is 0 Å². The van der Waals surface area contributed by atoms with Crippen LogP contribution in [0.25, 0.3) is 0 Å². The highest BCUT2D eigenvalue weighted by Crippen LogP contribution is 2.19. The molecular weight excluding hydrogens is 320 g/mol. The minimum atomic E-state index is -0.818. The van der Waals surface area contributed by atoms with E-state index in [1.165, 1.54) is 103 Å². The maximum Gasteiger partial charge on any atom is 0.0445 e. The van der Waals surface area contributed by atoms with E-state index in [1.807, 2.05) is 0 Å². The zero-order valence-electron chi connectivity index (χ0n) is 18.0. The summed E-state index contributed by atoms with van der Waals surface area (Å²) in [4.78, 5) is 11.3. The monoisotopic (exact) mass is 367 g/mol. The molecule has 0 aromatic carbocycles. The maximum absolute atomic E-state index is 11.3. The fraction of sp³-hybridized carbons (Fsp3) is 0.958. The second-order valence-electron chi connectivity index (χ2n) is 8.25. The topological polar surface area (TPSA) is 40.1 Å². The molecule has 0 spiro atoms. The van der Waals surface area contributed by atoms with Gasteiger partial charge >= 0.3 is 0 Å². The number of carboxylic acid groups (broad SMARTS) is 1. The van der Waals surface area contributed by atoms with E-state index in [2.05, 4.69) is 13.8 Å². The van der Waals surface area contributed by atoms with Gasteiger partial charge in [-0.3, -0.25) is 0 Å². The van der Waals surface area contributed by atoms with Crippen LogP contribution in [0.5, 0.6) is 0 Å². The highest BCUT2D eigenvalue weighted by Gasteiger charge is 2.09. The van der Waals surface area contributed by atoms with Crippen LogP contribution >= 0.6 is 0 Å². The average Bonchev–Trinajstić information content (AvgIpc) is 2.63. The van der Waals surface area contributed by atoms with E-state index in [4.69, 9.17) is 0 Å². The molecule has 2 nitrogen and oxygen atoms in total. The predicted octanol–water partition coefficient (Wildman–Crippen LogP) is 7.19. The summed E-state index contributed by atoms with van der Waals surface area (Å²) in [5, 5.41) is 11.3. The summed E-state index contributed by atoms with van der Waals surface area (Å²) in [6.07, 6.45) is 25.0. The van der Waals surface area contributed by atoms with Crippen LogP contribution in [-0.2, 0) is 4.79 Å². The summed E-state index contributed by atoms with van der Waals surface area (Å²) in [6.45, 7) is 4.49. The lowest BCUT2D eigenvalue weighted by Gasteiger charge is -2.17. The first-order valence-corrected chi connectivity index (χ1v) is 11.9. The van der Waals surface area contributed by atoms with Crippen LogP contribution in [-0.4, -0.2) is 5.97 Å². The number of aliphatic carboxylic acids is 1. The van der Waals surface area contributed by atoms with E-state index in [9.17, 15) is 9.90 Å². The van der Waals surface area contributed by atoms with Gasteiger partial charge in [-0.25, -0.2) is 0 Å². The molecule has 0 rings (SSSR count). The SMILES string of the molecule is CCCCCCCCCCCCCCC(CCCCCCCC)C(=O)[O-]. The standard InChI is InChI=1S/C24H48O2/c1-3-5-7-9-11-12-13-14-15-16-18-20-22-23(24(25)26)21-19-17-10-8-6-4-2/h23H,3-22H2,1-2H3,(H,25,26)/p-1. The third kappa shape index (κ3) is 18.3. The maximum atomic E-state index is 11.3. The largest absolute Gasteiger partial charge is 0.550 e. The highest BCUT2D eigenvalue weighted by molar-refractivity contribution is 5.67. The van der Waals surface area contributed by atoms with Gasteiger partial charge in [-0.1, -0.05) is 129 Å². The van der Waals surface area contributed by atoms with Crippen LogP contribution in [0.2, 0.25) is 0 Å². The van der Waals surface area contributed by atoms with Gasteiger partial charge in [-0.05, 0) is 18.8 Å². The Kier molecular flexibility index (Phi) is 20.4. The molecule has 0 aromatic heterocycles. The van der Waals surface area contributed by atoms with Gasteiger partial charge in [0.25, 0.3) is 0 Å². The van der Waals surface area contributed by atoms with E-state index in [-0.39, 0.29) is 5.92 Å². The number of rotatable bonds is 21. The van der Waals surface area contributed by atoms with Crippen molar-refractivity contribution in [2.75, 3.05) is 0 Å². The lowest BCUT2D eigenvalue weighted by atomic mass is 9.94. The van der Waals surface area contributed by atoms with Crippen LogP contribution in [0, 0.1) is 5.92 Å². The molecule has 0 saturated heterocycles. The summed E-state index contributed by atoms with van der Waals surface area (Å²) in [6, 6.07) is 0. The minimum Gasteiger partial charge on any atom is -0.550 e. The van der Waals surface area contributed by atoms with Crippen LogP contribution < -0.4 is 5.11 Å². The molecule has 0 heterocycles. The molecule has 1 unspecified atom stereocenters. The fourth-order valence-electron chi connectivity index (χ4n) is 3.78. The van der Waals surface area contributed by atoms with E-state index < -0.39 is 5.97 Å². The van der Waals surface area contributed by atoms with E-state index in [0.717, 1.165) is 25.7 Å². The van der Waals surface area contributed by atoms with Crippen molar-refractivity contribution in [2.24, 2.45) is 5.92 Å². The van der Waals surface area contributed by atoms with Crippen molar-refractivity contribution >= 4 is 5.97 Å². The number of carbonyl (C=O) groups excluding carboxylic acids is 1. The fourth-order valence-corrected chi connectivity index (χ4v) is 3.78. The van der Waals surface area contributed by atoms with E-state index >= 15 is 0 Å². The van der Waals surface area contributed by atoms with Gasteiger partial charge in [0.2, 0.25) is 0 Å². The normalized spacial score (nSPS) is 12.4. The summed E-state index contributed by atoms with van der Waals surface area (Å²) >= 11 is 0. The molecule has 2 heteroatoms. The van der Waals surface area contributed by atoms with Crippen LogP contribution in [0.15, 0.2) is 0 Å². The molecule has 0 fully saturated rings. The van der Waals surface area contributed by atoms with E-state index in [0.29, 0.717) is 0 Å². The van der Waals surface area contributed by atoms with Crippen molar-refractivity contribution in [1.29, 1.82) is 0 Å². The summed E-state index contributed by atoms with van der Waals surface area (Å²) in [7, 11) is 0. The summed E-state index contributed by atoms with van der Waals surface area (Å²) < 4.78 is 0. The quantitative estimate of drug-likeness (QED) is 0.201. The molecule has 0 amide bonds. The van der Waals surface area contributed by atoms with Crippen LogP contribution in [0.1, 0.15) is 142 Å². The Balaban J connectivity index is 3.42. The number of hydrogen-bond acceptors (Lipinski definition) is 2. The Hall–Kier alpha value is -0.530. The molecule has 26 heavy (non-hydrogen) atoms. The van der Waals surface area contributed by atoms with Crippen molar-refractivity contribution < 1.29 is 9.90 Å². The predicted molar refractivity (Wildman–Crippen MR) is 112 cm³/mol. The van der Waals surface area contributed by atoms with Crippen molar-refractivity contribution in [2.45, 2.75) is 142 Å². The zero-order chi connectivity index (χ0) is 19.3. The third-order valence-corrected chi connectivity index (χ3v) is 5.65. The second-order valence-corrected chi connectivity index (χ2v) is 8.25. The molecule has 0 bridgehead atoms. The first-order valence-electron chi connectivity index (χ1n) is 11.9. The van der Waals surface area contributed by atoms with Gasteiger partial charge in [-0.15, -0.1) is 0 Å². The Morgan fingerprint density at radius 3 is 1.08 bits per heavy atom. The molecule has 0 N–H and O–H groups in total. The summed E-state index contributed by atoms with van der Waals surface area (Å²) in [5.41, 5.74) is 0. The Morgan fingerprint density at radius 1 is 0.538 bits per heavy atom. The first kappa shape index (κ1) is 25.5. The van der Waals surface area contributed by atoms with E-state index in [1.54, 1.807) is 0 Å². The lowest BCUT2D eigenvalue weighted by molar-refractivity contribution is -0.312.